The molecule has 3 aromatic carbocycles. The topological polar surface area (TPSA) is 54.4 Å². The monoisotopic (exact) mass is 544 g/mol. The van der Waals surface area contributed by atoms with Gasteiger partial charge in [-0.05, 0) is 60.6 Å². The normalized spacial score (nSPS) is 12.1. The molecule has 0 unspecified atom stereocenters. The number of nitrogens with zero attached hydrogens (tertiary/aromatic N) is 1. The van der Waals surface area contributed by atoms with Crippen molar-refractivity contribution in [2.75, 3.05) is 0 Å². The average Bonchev–Trinajstić information content (AvgIpc) is 2.78. The Balaban J connectivity index is 0.000000281. The van der Waals surface area contributed by atoms with Crippen LogP contribution in [0.4, 0.5) is 33.3 Å². The van der Waals surface area contributed by atoms with E-state index in [1.165, 1.54) is 28.1 Å². The summed E-state index contributed by atoms with van der Waals surface area (Å²) in [7, 11) is -5.52. The summed E-state index contributed by atoms with van der Waals surface area (Å²) in [6, 6.07) is 16.6. The van der Waals surface area contributed by atoms with E-state index in [9.17, 15) is 30.4 Å². The van der Waals surface area contributed by atoms with Gasteiger partial charge in [0.2, 0.25) is 5.82 Å². The van der Waals surface area contributed by atoms with Crippen molar-refractivity contribution in [3.8, 4) is 0 Å². The van der Waals surface area contributed by atoms with Crippen molar-refractivity contribution >= 4 is 21.5 Å². The first-order valence-corrected chi connectivity index (χ1v) is 12.9. The number of hydrogen-bond donors (Lipinski definition) is 1. The van der Waals surface area contributed by atoms with Gasteiger partial charge in [-0.15, -0.1) is 0 Å². The molecule has 3 aromatic rings. The van der Waals surface area contributed by atoms with Gasteiger partial charge in [-0.1, -0.05) is 35.9 Å². The molecule has 0 radical (unpaired) electrons. The second-order valence-electron chi connectivity index (χ2n) is 9.42. The smallest absolute Gasteiger partial charge is 0.282 e. The van der Waals surface area contributed by atoms with E-state index in [1.54, 1.807) is 0 Å². The molecule has 0 saturated carbocycles. The summed E-state index contributed by atoms with van der Waals surface area (Å²) >= 11 is 0. The highest BCUT2D eigenvalue weighted by Crippen LogP contribution is 2.44. The lowest BCUT2D eigenvalue weighted by Crippen LogP contribution is -2.55. The van der Waals surface area contributed by atoms with E-state index in [4.69, 9.17) is 4.55 Å². The number of benzene rings is 3. The number of hydrogen-bond acceptors (Lipinski definition) is 2. The van der Waals surface area contributed by atoms with Crippen LogP contribution in [0.15, 0.2) is 47.4 Å². The van der Waals surface area contributed by atoms with Crippen LogP contribution in [-0.4, -0.2) is 25.1 Å². The Morgan fingerprint density at radius 2 is 1.08 bits per heavy atom. The second-order valence-corrected chi connectivity index (χ2v) is 10.8. The van der Waals surface area contributed by atoms with Gasteiger partial charge < -0.3 is 0 Å². The fraction of sp³-hybridized carbons (Fsp3) is 0.333. The van der Waals surface area contributed by atoms with Gasteiger partial charge in [-0.2, -0.15) is 8.42 Å². The third-order valence-electron chi connectivity index (χ3n) is 6.25. The van der Waals surface area contributed by atoms with E-state index in [0.717, 1.165) is 4.48 Å². The van der Waals surface area contributed by atoms with Gasteiger partial charge in [-0.3, -0.25) is 9.04 Å². The molecular formula is C27H31F5NO3S+. The van der Waals surface area contributed by atoms with Crippen LogP contribution in [0.25, 0.3) is 0 Å². The Labute approximate surface area is 214 Å². The maximum atomic E-state index is 12.6. The Morgan fingerprint density at radius 1 is 0.703 bits per heavy atom. The van der Waals surface area contributed by atoms with E-state index in [0.29, 0.717) is 12.1 Å². The average molecular weight is 545 g/mol. The molecule has 37 heavy (non-hydrogen) atoms. The van der Waals surface area contributed by atoms with Gasteiger partial charge in [-0.25, -0.2) is 22.0 Å². The number of halogens is 5. The van der Waals surface area contributed by atoms with E-state index in [2.05, 4.69) is 90.9 Å². The maximum absolute atomic E-state index is 12.6. The first-order chi connectivity index (χ1) is 17.0. The van der Waals surface area contributed by atoms with Gasteiger partial charge in [0.25, 0.3) is 0 Å². The Morgan fingerprint density at radius 3 is 1.43 bits per heavy atom. The SMILES string of the molecule is Cc1cc(C)c([N+](c2ccccc2)(C(C)C)C(C)C)c(C)c1.O=S(=O)(O)c1c(F)c(F)c(F)c(F)c1F. The first kappa shape index (κ1) is 30.4. The predicted octanol–water partition coefficient (Wildman–Crippen LogP) is 7.70. The lowest BCUT2D eigenvalue weighted by molar-refractivity contribution is 0.263. The molecule has 0 aliphatic heterocycles. The van der Waals surface area contributed by atoms with Gasteiger partial charge in [0, 0.05) is 11.1 Å². The summed E-state index contributed by atoms with van der Waals surface area (Å²) in [6.45, 7) is 16.1. The Bertz CT molecular complexity index is 1330. The van der Waals surface area contributed by atoms with Gasteiger partial charge in [0.05, 0.1) is 12.1 Å². The molecule has 3 rings (SSSR count). The molecule has 0 aliphatic carbocycles. The molecular weight excluding hydrogens is 513 g/mol. The largest absolute Gasteiger partial charge is 0.300 e. The minimum absolute atomic E-state index is 0.475. The van der Waals surface area contributed by atoms with Crippen LogP contribution >= 0.6 is 0 Å². The minimum atomic E-state index is -5.52. The van der Waals surface area contributed by atoms with Crippen molar-refractivity contribution in [3.05, 3.63) is 88.2 Å². The van der Waals surface area contributed by atoms with Crippen molar-refractivity contribution in [1.82, 2.24) is 4.48 Å². The molecule has 0 fully saturated rings. The van der Waals surface area contributed by atoms with Crippen molar-refractivity contribution < 1.29 is 34.9 Å². The molecule has 4 nitrogen and oxygen atoms in total. The highest BCUT2D eigenvalue weighted by molar-refractivity contribution is 7.85. The molecule has 1 N–H and O–H groups in total. The molecule has 202 valence electrons. The predicted molar refractivity (Wildman–Crippen MR) is 135 cm³/mol. The lowest BCUT2D eigenvalue weighted by atomic mass is 9.96. The summed E-state index contributed by atoms with van der Waals surface area (Å²) in [5.41, 5.74) is 6.97. The second kappa shape index (κ2) is 11.3. The quantitative estimate of drug-likeness (QED) is 0.118. The maximum Gasteiger partial charge on any atom is 0.300 e. The van der Waals surface area contributed by atoms with Gasteiger partial charge >= 0.3 is 10.1 Å². The molecule has 0 bridgehead atoms. The molecule has 0 spiro atoms. The molecule has 0 atom stereocenters. The van der Waals surface area contributed by atoms with E-state index in [-0.39, 0.29) is 0 Å². The summed E-state index contributed by atoms with van der Waals surface area (Å²) in [5.74, 6) is -12.6. The van der Waals surface area contributed by atoms with Gasteiger partial charge in [0.1, 0.15) is 11.4 Å². The Hall–Kier alpha value is -2.82. The van der Waals surface area contributed by atoms with Crippen LogP contribution in [0.1, 0.15) is 44.4 Å². The zero-order valence-electron chi connectivity index (χ0n) is 21.7. The summed E-state index contributed by atoms with van der Waals surface area (Å²) in [6.07, 6.45) is 0. The zero-order valence-corrected chi connectivity index (χ0v) is 22.5. The van der Waals surface area contributed by atoms with Crippen molar-refractivity contribution in [2.45, 2.75) is 65.4 Å². The standard InChI is InChI=1S/C21H30N.C6HF5O3S/c1-15(2)22(16(3)4,20-11-9-8-10-12-20)21-18(6)13-17(5)14-19(21)7;7-1-2(8)4(10)6(15(12,13)14)5(11)3(1)9/h8-16H,1-7H3;(H,12,13,14)/q+1;. The third-order valence-corrected chi connectivity index (χ3v) is 7.12. The molecule has 0 aliphatic rings. The number of rotatable bonds is 5. The van der Waals surface area contributed by atoms with Crippen molar-refractivity contribution in [1.29, 1.82) is 0 Å². The number of para-hydroxylation sites is 1. The van der Waals surface area contributed by atoms with Crippen molar-refractivity contribution in [2.24, 2.45) is 0 Å². The fourth-order valence-corrected chi connectivity index (χ4v) is 5.71. The molecule has 0 aromatic heterocycles. The van der Waals surface area contributed by atoms with Gasteiger partial charge in [0.15, 0.2) is 28.2 Å². The highest BCUT2D eigenvalue weighted by atomic mass is 32.2. The first-order valence-electron chi connectivity index (χ1n) is 11.5. The third kappa shape index (κ3) is 5.71. The van der Waals surface area contributed by atoms with Crippen LogP contribution < -0.4 is 4.48 Å². The summed E-state index contributed by atoms with van der Waals surface area (Å²) in [5, 5.41) is 0. The summed E-state index contributed by atoms with van der Waals surface area (Å²) < 4.78 is 92.2. The van der Waals surface area contributed by atoms with E-state index < -0.39 is 44.1 Å². The lowest BCUT2D eigenvalue weighted by Gasteiger charge is -2.46. The zero-order chi connectivity index (χ0) is 28.5. The minimum Gasteiger partial charge on any atom is -0.282 e. The highest BCUT2D eigenvalue weighted by Gasteiger charge is 2.42. The van der Waals surface area contributed by atoms with E-state index >= 15 is 0 Å². The van der Waals surface area contributed by atoms with Crippen LogP contribution in [0.5, 0.6) is 0 Å². The molecule has 0 heterocycles. The van der Waals surface area contributed by atoms with Crippen LogP contribution in [0.3, 0.4) is 0 Å². The molecule has 0 amide bonds. The fourth-order valence-electron chi connectivity index (χ4n) is 5.08. The van der Waals surface area contributed by atoms with E-state index in [1.807, 2.05) is 0 Å². The van der Waals surface area contributed by atoms with Crippen LogP contribution in [0, 0.1) is 49.9 Å². The van der Waals surface area contributed by atoms with Crippen LogP contribution in [0.2, 0.25) is 0 Å². The van der Waals surface area contributed by atoms with Crippen LogP contribution in [-0.2, 0) is 10.1 Å². The Kier molecular flexibility index (Phi) is 9.27. The number of quaternary nitrogens is 1. The summed E-state index contributed by atoms with van der Waals surface area (Å²) in [4.78, 5) is -2.26. The number of aryl methyl sites for hydroxylation is 3. The van der Waals surface area contributed by atoms with Crippen molar-refractivity contribution in [3.63, 3.8) is 0 Å². The molecule has 0 saturated heterocycles. The molecule has 10 heteroatoms.